The summed E-state index contributed by atoms with van der Waals surface area (Å²) in [6.45, 7) is 2.16. The first-order chi connectivity index (χ1) is 9.79. The number of hydrogen-bond donors (Lipinski definition) is 2. The zero-order valence-electron chi connectivity index (χ0n) is 11.9. The molecule has 1 aromatic rings. The van der Waals surface area contributed by atoms with Crippen molar-refractivity contribution in [1.29, 1.82) is 0 Å². The van der Waals surface area contributed by atoms with Crippen molar-refractivity contribution in [3.05, 3.63) is 23.0 Å². The van der Waals surface area contributed by atoms with E-state index in [9.17, 15) is 12.8 Å². The molecule has 0 heterocycles. The Kier molecular flexibility index (Phi) is 5.11. The summed E-state index contributed by atoms with van der Waals surface area (Å²) in [4.78, 5) is -0.482. The van der Waals surface area contributed by atoms with Crippen molar-refractivity contribution in [2.75, 3.05) is 5.73 Å². The first kappa shape index (κ1) is 16.5. The molecule has 0 amide bonds. The van der Waals surface area contributed by atoms with E-state index in [2.05, 4.69) is 11.6 Å². The van der Waals surface area contributed by atoms with Gasteiger partial charge in [-0.2, -0.15) is 0 Å². The van der Waals surface area contributed by atoms with Gasteiger partial charge in [0.1, 0.15) is 4.90 Å². The number of nitrogen functional groups attached to an aromatic ring is 1. The maximum atomic E-state index is 14.0. The van der Waals surface area contributed by atoms with Crippen molar-refractivity contribution >= 4 is 27.3 Å². The lowest BCUT2D eigenvalue weighted by Crippen LogP contribution is -2.35. The lowest BCUT2D eigenvalue weighted by Gasteiger charge is -2.17. The summed E-state index contributed by atoms with van der Waals surface area (Å²) in [6, 6.07) is 2.12. The number of anilines is 1. The lowest BCUT2D eigenvalue weighted by molar-refractivity contribution is 0.482. The third-order valence-corrected chi connectivity index (χ3v) is 5.64. The first-order valence-electron chi connectivity index (χ1n) is 7.06. The van der Waals surface area contributed by atoms with Crippen LogP contribution in [0.3, 0.4) is 0 Å². The molecule has 21 heavy (non-hydrogen) atoms. The third kappa shape index (κ3) is 4.08. The predicted octanol–water partition coefficient (Wildman–Crippen LogP) is 3.31. The van der Waals surface area contributed by atoms with Crippen LogP contribution in [0, 0.1) is 11.7 Å². The summed E-state index contributed by atoms with van der Waals surface area (Å²) < 4.78 is 41.3. The van der Waals surface area contributed by atoms with Gasteiger partial charge in [-0.25, -0.2) is 17.5 Å². The monoisotopic (exact) mass is 334 g/mol. The average Bonchev–Trinajstić information content (AvgIpc) is 2.58. The Morgan fingerprint density at radius 3 is 2.71 bits per heavy atom. The van der Waals surface area contributed by atoms with Crippen LogP contribution in [0.2, 0.25) is 5.02 Å². The van der Waals surface area contributed by atoms with Crippen molar-refractivity contribution in [1.82, 2.24) is 4.72 Å². The number of hydrogen-bond acceptors (Lipinski definition) is 3. The van der Waals surface area contributed by atoms with Crippen molar-refractivity contribution in [3.63, 3.8) is 0 Å². The van der Waals surface area contributed by atoms with Crippen molar-refractivity contribution < 1.29 is 12.8 Å². The van der Waals surface area contributed by atoms with Crippen LogP contribution in [0.1, 0.15) is 39.0 Å². The zero-order chi connectivity index (χ0) is 15.6. The number of benzene rings is 1. The second-order valence-corrected chi connectivity index (χ2v) is 7.86. The van der Waals surface area contributed by atoms with Gasteiger partial charge in [0.25, 0.3) is 0 Å². The van der Waals surface area contributed by atoms with Crippen LogP contribution in [0.15, 0.2) is 17.0 Å². The molecule has 0 bridgehead atoms. The number of halogens is 2. The highest BCUT2D eigenvalue weighted by Gasteiger charge is 2.26. The van der Waals surface area contributed by atoms with E-state index >= 15 is 0 Å². The summed E-state index contributed by atoms with van der Waals surface area (Å²) in [6.07, 6.45) is 4.55. The second-order valence-electron chi connectivity index (χ2n) is 5.74. The minimum absolute atomic E-state index is 0.101. The van der Waals surface area contributed by atoms with Crippen molar-refractivity contribution in [3.8, 4) is 0 Å². The molecule has 118 valence electrons. The van der Waals surface area contributed by atoms with Crippen molar-refractivity contribution in [2.45, 2.75) is 50.0 Å². The van der Waals surface area contributed by atoms with Crippen LogP contribution >= 0.6 is 11.6 Å². The Hall–Kier alpha value is -0.850. The molecule has 1 fully saturated rings. The van der Waals surface area contributed by atoms with E-state index in [1.807, 2.05) is 0 Å². The molecular formula is C14H20ClFN2O2S. The molecule has 0 aliphatic heterocycles. The van der Waals surface area contributed by atoms with Crippen LogP contribution in [0.5, 0.6) is 0 Å². The van der Waals surface area contributed by atoms with E-state index in [4.69, 9.17) is 17.3 Å². The summed E-state index contributed by atoms with van der Waals surface area (Å²) in [5.74, 6) is -0.355. The maximum Gasteiger partial charge on any atom is 0.243 e. The quantitative estimate of drug-likeness (QED) is 0.658. The number of nitrogens with one attached hydrogen (secondary N) is 1. The SMILES string of the molecule is CC1CCCC(NS(=O)(=O)c2cc(Cl)cc(N)c2F)CC1. The Morgan fingerprint density at radius 1 is 1.29 bits per heavy atom. The van der Waals surface area contributed by atoms with Gasteiger partial charge < -0.3 is 5.73 Å². The van der Waals surface area contributed by atoms with Crippen LogP contribution in [0.25, 0.3) is 0 Å². The minimum atomic E-state index is -3.96. The van der Waals surface area contributed by atoms with E-state index in [1.54, 1.807) is 0 Å². The van der Waals surface area contributed by atoms with Crippen LogP contribution in [-0.2, 0) is 10.0 Å². The largest absolute Gasteiger partial charge is 0.396 e. The minimum Gasteiger partial charge on any atom is -0.396 e. The molecule has 2 atom stereocenters. The van der Waals surface area contributed by atoms with E-state index in [0.29, 0.717) is 5.92 Å². The number of nitrogens with two attached hydrogens (primary N) is 1. The standard InChI is InChI=1S/C14H20ClFN2O2S/c1-9-3-2-4-11(6-5-9)18-21(19,20)13-8-10(15)7-12(17)14(13)16/h7-9,11,18H,2-6,17H2,1H3. The summed E-state index contributed by atoms with van der Waals surface area (Å²) in [7, 11) is -3.96. The van der Waals surface area contributed by atoms with Crippen LogP contribution in [-0.4, -0.2) is 14.5 Å². The Balaban J connectivity index is 2.22. The van der Waals surface area contributed by atoms with E-state index < -0.39 is 20.7 Å². The molecule has 4 nitrogen and oxygen atoms in total. The molecule has 1 aromatic carbocycles. The lowest BCUT2D eigenvalue weighted by atomic mass is 10.0. The highest BCUT2D eigenvalue weighted by Crippen LogP contribution is 2.27. The highest BCUT2D eigenvalue weighted by atomic mass is 35.5. The third-order valence-electron chi connectivity index (χ3n) is 3.90. The number of sulfonamides is 1. The zero-order valence-corrected chi connectivity index (χ0v) is 13.5. The van der Waals surface area contributed by atoms with Gasteiger partial charge in [0.2, 0.25) is 10.0 Å². The van der Waals surface area contributed by atoms with E-state index in [1.165, 1.54) is 6.07 Å². The fourth-order valence-corrected chi connectivity index (χ4v) is 4.40. The Labute approximate surface area is 129 Å². The molecule has 0 spiro atoms. The molecule has 0 saturated heterocycles. The Morgan fingerprint density at radius 2 is 2.00 bits per heavy atom. The molecule has 1 aliphatic rings. The smallest absolute Gasteiger partial charge is 0.243 e. The first-order valence-corrected chi connectivity index (χ1v) is 8.92. The van der Waals surface area contributed by atoms with Gasteiger partial charge in [-0.05, 0) is 37.3 Å². The summed E-state index contributed by atoms with van der Waals surface area (Å²) >= 11 is 5.78. The molecule has 0 radical (unpaired) electrons. The summed E-state index contributed by atoms with van der Waals surface area (Å²) in [5, 5.41) is 0.101. The second kappa shape index (κ2) is 6.50. The molecular weight excluding hydrogens is 315 g/mol. The number of rotatable bonds is 3. The predicted molar refractivity (Wildman–Crippen MR) is 82.2 cm³/mol. The van der Waals surface area contributed by atoms with Gasteiger partial charge in [-0.1, -0.05) is 31.4 Å². The highest BCUT2D eigenvalue weighted by molar-refractivity contribution is 7.89. The molecule has 1 saturated carbocycles. The van der Waals surface area contributed by atoms with Gasteiger partial charge in [0, 0.05) is 11.1 Å². The molecule has 1 aliphatic carbocycles. The molecule has 0 aromatic heterocycles. The summed E-state index contributed by atoms with van der Waals surface area (Å²) in [5.41, 5.74) is 5.18. The van der Waals surface area contributed by atoms with Gasteiger partial charge in [-0.15, -0.1) is 0 Å². The van der Waals surface area contributed by atoms with Gasteiger partial charge in [0.15, 0.2) is 5.82 Å². The fraction of sp³-hybridized carbons (Fsp3) is 0.571. The maximum absolute atomic E-state index is 14.0. The molecule has 2 rings (SSSR count). The normalized spacial score (nSPS) is 23.8. The van der Waals surface area contributed by atoms with Crippen LogP contribution in [0.4, 0.5) is 10.1 Å². The van der Waals surface area contributed by atoms with E-state index in [0.717, 1.165) is 38.2 Å². The van der Waals surface area contributed by atoms with Crippen molar-refractivity contribution in [2.24, 2.45) is 5.92 Å². The van der Waals surface area contributed by atoms with Crippen LogP contribution < -0.4 is 10.5 Å². The molecule has 7 heteroatoms. The van der Waals surface area contributed by atoms with Gasteiger partial charge >= 0.3 is 0 Å². The topological polar surface area (TPSA) is 72.2 Å². The molecule has 2 unspecified atom stereocenters. The fourth-order valence-electron chi connectivity index (χ4n) is 2.67. The van der Waals surface area contributed by atoms with Gasteiger partial charge in [0.05, 0.1) is 5.69 Å². The average molecular weight is 335 g/mol. The van der Waals surface area contributed by atoms with E-state index in [-0.39, 0.29) is 16.8 Å². The van der Waals surface area contributed by atoms with Gasteiger partial charge in [-0.3, -0.25) is 0 Å². The molecule has 3 N–H and O–H groups in total. The Bertz CT molecular complexity index is 622.